The predicted octanol–water partition coefficient (Wildman–Crippen LogP) is 4.90. The molecule has 2 aromatic rings. The van der Waals surface area contributed by atoms with E-state index in [1.807, 2.05) is 73.6 Å². The molecule has 0 aromatic heterocycles. The van der Waals surface area contributed by atoms with Crippen molar-refractivity contribution < 1.29 is 14.3 Å². The fourth-order valence-corrected chi connectivity index (χ4v) is 2.92. The lowest BCUT2D eigenvalue weighted by Crippen LogP contribution is -2.18. The molecular formula is C24H25NO3. The van der Waals surface area contributed by atoms with Crippen molar-refractivity contribution in [2.45, 2.75) is 12.8 Å². The minimum absolute atomic E-state index is 0.328. The lowest BCUT2D eigenvalue weighted by molar-refractivity contribution is -0.137. The van der Waals surface area contributed by atoms with Gasteiger partial charge in [-0.25, -0.2) is 4.79 Å². The van der Waals surface area contributed by atoms with Crippen LogP contribution in [-0.4, -0.2) is 31.6 Å². The first-order valence-electron chi connectivity index (χ1n) is 9.39. The Bertz CT molecular complexity index is 895. The minimum atomic E-state index is -0.328. The summed E-state index contributed by atoms with van der Waals surface area (Å²) in [5.74, 6) is 1.33. The van der Waals surface area contributed by atoms with Gasteiger partial charge in [-0.2, -0.15) is 0 Å². The zero-order valence-electron chi connectivity index (χ0n) is 16.3. The molecule has 0 atom stereocenters. The minimum Gasteiger partial charge on any atom is -0.463 e. The molecule has 3 rings (SSSR count). The molecule has 0 bridgehead atoms. The number of esters is 1. The van der Waals surface area contributed by atoms with Crippen LogP contribution in [0.15, 0.2) is 78.2 Å². The van der Waals surface area contributed by atoms with Gasteiger partial charge in [-0.15, -0.1) is 0 Å². The fourth-order valence-electron chi connectivity index (χ4n) is 2.92. The molecule has 0 N–H and O–H groups in total. The quantitative estimate of drug-likeness (QED) is 0.392. The molecule has 0 unspecified atom stereocenters. The summed E-state index contributed by atoms with van der Waals surface area (Å²) in [4.78, 5) is 13.8. The average molecular weight is 375 g/mol. The Morgan fingerprint density at radius 3 is 2.57 bits per heavy atom. The molecule has 0 saturated heterocycles. The summed E-state index contributed by atoms with van der Waals surface area (Å²) in [6.07, 6.45) is 8.85. The SMILES string of the molecule is CN(C)C1=C(CCCOC(=O)C=Cc2ccccc2)C=Cc2ccccc2O1. The Labute approximate surface area is 166 Å². The van der Waals surface area contributed by atoms with E-state index < -0.39 is 0 Å². The summed E-state index contributed by atoms with van der Waals surface area (Å²) >= 11 is 0. The first kappa shape index (κ1) is 19.5. The Morgan fingerprint density at radius 1 is 1.04 bits per heavy atom. The maximum atomic E-state index is 11.9. The van der Waals surface area contributed by atoms with E-state index in [0.29, 0.717) is 6.61 Å². The maximum absolute atomic E-state index is 11.9. The van der Waals surface area contributed by atoms with E-state index in [1.54, 1.807) is 6.08 Å². The summed E-state index contributed by atoms with van der Waals surface area (Å²) in [6.45, 7) is 0.364. The number of hydrogen-bond donors (Lipinski definition) is 0. The zero-order chi connectivity index (χ0) is 19.8. The second kappa shape index (κ2) is 9.60. The summed E-state index contributed by atoms with van der Waals surface area (Å²) in [5, 5.41) is 0. The van der Waals surface area contributed by atoms with Gasteiger partial charge in [0.2, 0.25) is 0 Å². The Hall–Kier alpha value is -3.27. The van der Waals surface area contributed by atoms with Crippen molar-refractivity contribution in [3.05, 3.63) is 89.3 Å². The van der Waals surface area contributed by atoms with Gasteiger partial charge in [0.25, 0.3) is 0 Å². The number of fused-ring (bicyclic) bond motifs is 1. The van der Waals surface area contributed by atoms with Crippen LogP contribution in [-0.2, 0) is 9.53 Å². The molecule has 2 aromatic carbocycles. The normalized spacial score (nSPS) is 13.1. The molecule has 1 aliphatic heterocycles. The van der Waals surface area contributed by atoms with Crippen molar-refractivity contribution in [3.63, 3.8) is 0 Å². The first-order chi connectivity index (χ1) is 13.6. The number of para-hydroxylation sites is 1. The molecule has 28 heavy (non-hydrogen) atoms. The van der Waals surface area contributed by atoms with Gasteiger partial charge in [0.1, 0.15) is 5.75 Å². The number of carbonyl (C=O) groups excluding carboxylic acids is 1. The molecule has 0 fully saturated rings. The summed E-state index contributed by atoms with van der Waals surface area (Å²) in [6, 6.07) is 17.6. The van der Waals surface area contributed by atoms with Crippen LogP contribution in [0.4, 0.5) is 0 Å². The molecule has 4 nitrogen and oxygen atoms in total. The smallest absolute Gasteiger partial charge is 0.330 e. The fraction of sp³-hybridized carbons (Fsp3) is 0.208. The van der Waals surface area contributed by atoms with Crippen molar-refractivity contribution in [2.24, 2.45) is 0 Å². The summed E-state index contributed by atoms with van der Waals surface area (Å²) in [5.41, 5.74) is 3.10. The number of carbonyl (C=O) groups is 1. The average Bonchev–Trinajstić information content (AvgIpc) is 2.90. The number of allylic oxidation sites excluding steroid dienone is 2. The summed E-state index contributed by atoms with van der Waals surface area (Å²) in [7, 11) is 3.93. The maximum Gasteiger partial charge on any atom is 0.330 e. The zero-order valence-corrected chi connectivity index (χ0v) is 16.3. The van der Waals surface area contributed by atoms with Gasteiger partial charge < -0.3 is 14.4 Å². The Balaban J connectivity index is 1.54. The van der Waals surface area contributed by atoms with Crippen molar-refractivity contribution in [3.8, 4) is 5.75 Å². The van der Waals surface area contributed by atoms with E-state index in [0.717, 1.165) is 41.2 Å². The van der Waals surface area contributed by atoms with Crippen LogP contribution >= 0.6 is 0 Å². The molecule has 0 spiro atoms. The third-order valence-electron chi connectivity index (χ3n) is 4.32. The Kier molecular flexibility index (Phi) is 6.68. The number of rotatable bonds is 7. The monoisotopic (exact) mass is 375 g/mol. The highest BCUT2D eigenvalue weighted by atomic mass is 16.5. The van der Waals surface area contributed by atoms with Crippen LogP contribution in [0.2, 0.25) is 0 Å². The van der Waals surface area contributed by atoms with E-state index in [-0.39, 0.29) is 5.97 Å². The van der Waals surface area contributed by atoms with E-state index in [1.165, 1.54) is 6.08 Å². The molecule has 0 radical (unpaired) electrons. The third-order valence-corrected chi connectivity index (χ3v) is 4.32. The molecule has 1 heterocycles. The van der Waals surface area contributed by atoms with Crippen LogP contribution in [0.1, 0.15) is 24.0 Å². The second-order valence-electron chi connectivity index (χ2n) is 6.71. The molecule has 0 saturated carbocycles. The van der Waals surface area contributed by atoms with Crippen LogP contribution in [0.5, 0.6) is 5.75 Å². The van der Waals surface area contributed by atoms with E-state index >= 15 is 0 Å². The van der Waals surface area contributed by atoms with E-state index in [4.69, 9.17) is 9.47 Å². The lowest BCUT2D eigenvalue weighted by atomic mass is 10.1. The highest BCUT2D eigenvalue weighted by Crippen LogP contribution is 2.29. The van der Waals surface area contributed by atoms with Gasteiger partial charge in [-0.1, -0.05) is 60.7 Å². The lowest BCUT2D eigenvalue weighted by Gasteiger charge is -2.20. The van der Waals surface area contributed by atoms with Gasteiger partial charge in [0, 0.05) is 31.3 Å². The van der Waals surface area contributed by atoms with Gasteiger partial charge in [0.15, 0.2) is 5.88 Å². The predicted molar refractivity (Wildman–Crippen MR) is 112 cm³/mol. The molecule has 0 amide bonds. The van der Waals surface area contributed by atoms with Crippen LogP contribution in [0.3, 0.4) is 0 Å². The Morgan fingerprint density at radius 2 is 1.79 bits per heavy atom. The van der Waals surface area contributed by atoms with Gasteiger partial charge in [-0.3, -0.25) is 0 Å². The number of nitrogens with zero attached hydrogens (tertiary/aromatic N) is 1. The highest BCUT2D eigenvalue weighted by molar-refractivity contribution is 5.87. The van der Waals surface area contributed by atoms with E-state index in [2.05, 4.69) is 12.2 Å². The summed E-state index contributed by atoms with van der Waals surface area (Å²) < 4.78 is 11.4. The number of hydrogen-bond acceptors (Lipinski definition) is 4. The third kappa shape index (κ3) is 5.36. The largest absolute Gasteiger partial charge is 0.463 e. The van der Waals surface area contributed by atoms with Gasteiger partial charge in [-0.05, 0) is 30.5 Å². The molecule has 1 aliphatic rings. The van der Waals surface area contributed by atoms with Crippen molar-refractivity contribution >= 4 is 18.1 Å². The van der Waals surface area contributed by atoms with Crippen molar-refractivity contribution in [2.75, 3.05) is 20.7 Å². The number of ether oxygens (including phenoxy) is 2. The van der Waals surface area contributed by atoms with Crippen LogP contribution in [0.25, 0.3) is 12.2 Å². The van der Waals surface area contributed by atoms with Crippen molar-refractivity contribution in [1.29, 1.82) is 0 Å². The van der Waals surface area contributed by atoms with Gasteiger partial charge >= 0.3 is 5.97 Å². The molecule has 0 aliphatic carbocycles. The topological polar surface area (TPSA) is 38.8 Å². The molecule has 144 valence electrons. The highest BCUT2D eigenvalue weighted by Gasteiger charge is 2.15. The molecular weight excluding hydrogens is 350 g/mol. The van der Waals surface area contributed by atoms with Gasteiger partial charge in [0.05, 0.1) is 6.61 Å². The van der Waals surface area contributed by atoms with Crippen molar-refractivity contribution in [1.82, 2.24) is 4.90 Å². The number of benzene rings is 2. The van der Waals surface area contributed by atoms with Crippen LogP contribution < -0.4 is 4.74 Å². The molecule has 4 heteroatoms. The van der Waals surface area contributed by atoms with E-state index in [9.17, 15) is 4.79 Å². The first-order valence-corrected chi connectivity index (χ1v) is 9.39. The van der Waals surface area contributed by atoms with Crippen LogP contribution in [0, 0.1) is 0 Å². The second-order valence-corrected chi connectivity index (χ2v) is 6.71. The standard InChI is InChI=1S/C24H25NO3/c1-25(2)24-21(16-15-20-11-6-7-13-22(20)28-24)12-8-18-27-23(26)17-14-19-9-4-3-5-10-19/h3-7,9-11,13-17H,8,12,18H2,1-2H3.